The van der Waals surface area contributed by atoms with Crippen LogP contribution in [0.5, 0.6) is 5.75 Å². The van der Waals surface area contributed by atoms with Gasteiger partial charge in [0.2, 0.25) is 0 Å². The lowest BCUT2D eigenvalue weighted by Gasteiger charge is -2.29. The van der Waals surface area contributed by atoms with Gasteiger partial charge in [0.1, 0.15) is 5.75 Å². The van der Waals surface area contributed by atoms with Crippen molar-refractivity contribution in [3.8, 4) is 5.75 Å². The number of hydrogen-bond donors (Lipinski definition) is 1. The Kier molecular flexibility index (Phi) is 5.24. The van der Waals surface area contributed by atoms with Crippen molar-refractivity contribution in [2.24, 2.45) is 10.5 Å². The Morgan fingerprint density at radius 1 is 1.26 bits per heavy atom. The van der Waals surface area contributed by atoms with Crippen molar-refractivity contribution in [3.05, 3.63) is 41.0 Å². The molecular formula is C19H26N2O2. The molecule has 4 heteroatoms. The van der Waals surface area contributed by atoms with Crippen molar-refractivity contribution < 1.29 is 9.53 Å². The van der Waals surface area contributed by atoms with Crippen LogP contribution in [0.3, 0.4) is 0 Å². The molecule has 1 N–H and O–H groups in total. The summed E-state index contributed by atoms with van der Waals surface area (Å²) in [6.07, 6.45) is 3.98. The number of allylic oxidation sites excluding steroid dienone is 2. The third-order valence-electron chi connectivity index (χ3n) is 3.86. The number of carbonyl (C=O) groups is 1. The summed E-state index contributed by atoms with van der Waals surface area (Å²) >= 11 is 0. The number of nitrogens with one attached hydrogen (secondary N) is 1. The SMILES string of the molecule is CC1=C/C(=N/NC(=O)COc2cc(C)ccc2C)CC(C)(C)C1. The summed E-state index contributed by atoms with van der Waals surface area (Å²) in [7, 11) is 0. The molecule has 1 aliphatic rings. The van der Waals surface area contributed by atoms with Crippen molar-refractivity contribution in [2.75, 3.05) is 6.61 Å². The maximum atomic E-state index is 11.9. The van der Waals surface area contributed by atoms with Gasteiger partial charge in [-0.1, -0.05) is 31.6 Å². The van der Waals surface area contributed by atoms with E-state index in [0.29, 0.717) is 0 Å². The Bertz CT molecular complexity index is 657. The predicted molar refractivity (Wildman–Crippen MR) is 93.8 cm³/mol. The van der Waals surface area contributed by atoms with E-state index < -0.39 is 0 Å². The molecule has 0 heterocycles. The van der Waals surface area contributed by atoms with Gasteiger partial charge in [0.05, 0.1) is 5.71 Å². The normalized spacial score (nSPS) is 18.5. The Balaban J connectivity index is 1.91. The first kappa shape index (κ1) is 17.3. The number of benzene rings is 1. The van der Waals surface area contributed by atoms with E-state index in [1.165, 1.54) is 5.57 Å². The number of hydrazone groups is 1. The molecule has 0 saturated heterocycles. The fraction of sp³-hybridized carbons (Fsp3) is 0.474. The summed E-state index contributed by atoms with van der Waals surface area (Å²) in [5, 5.41) is 4.24. The van der Waals surface area contributed by atoms with Crippen molar-refractivity contribution in [3.63, 3.8) is 0 Å². The molecule has 0 aliphatic heterocycles. The van der Waals surface area contributed by atoms with Gasteiger partial charge in [0.25, 0.3) is 5.91 Å². The third-order valence-corrected chi connectivity index (χ3v) is 3.86. The molecule has 1 aliphatic carbocycles. The molecule has 0 saturated carbocycles. The minimum atomic E-state index is -0.243. The molecule has 0 aromatic heterocycles. The quantitative estimate of drug-likeness (QED) is 0.856. The Hall–Kier alpha value is -2.10. The van der Waals surface area contributed by atoms with Crippen LogP contribution in [0.1, 0.15) is 44.7 Å². The van der Waals surface area contributed by atoms with E-state index in [4.69, 9.17) is 4.74 Å². The Morgan fingerprint density at radius 3 is 2.70 bits per heavy atom. The average Bonchev–Trinajstić information content (AvgIpc) is 2.44. The number of aryl methyl sites for hydroxylation is 2. The smallest absolute Gasteiger partial charge is 0.277 e. The van der Waals surface area contributed by atoms with E-state index in [-0.39, 0.29) is 17.9 Å². The number of ether oxygens (including phenoxy) is 1. The highest BCUT2D eigenvalue weighted by Gasteiger charge is 2.24. The lowest BCUT2D eigenvalue weighted by Crippen LogP contribution is -2.28. The van der Waals surface area contributed by atoms with Crippen LogP contribution in [0.15, 0.2) is 34.9 Å². The van der Waals surface area contributed by atoms with Crippen molar-refractivity contribution in [1.82, 2.24) is 5.43 Å². The maximum Gasteiger partial charge on any atom is 0.277 e. The third kappa shape index (κ3) is 5.23. The largest absolute Gasteiger partial charge is 0.483 e. The monoisotopic (exact) mass is 314 g/mol. The summed E-state index contributed by atoms with van der Waals surface area (Å²) in [6, 6.07) is 5.94. The van der Waals surface area contributed by atoms with Crippen molar-refractivity contribution >= 4 is 11.6 Å². The number of amides is 1. The molecule has 23 heavy (non-hydrogen) atoms. The minimum absolute atomic E-state index is 0.0346. The molecule has 0 bridgehead atoms. The molecule has 0 spiro atoms. The van der Waals surface area contributed by atoms with Crippen LogP contribution < -0.4 is 10.2 Å². The van der Waals surface area contributed by atoms with E-state index in [9.17, 15) is 4.79 Å². The van der Waals surface area contributed by atoms with Crippen molar-refractivity contribution in [1.29, 1.82) is 0 Å². The number of rotatable bonds is 4. The second-order valence-corrected chi connectivity index (χ2v) is 7.20. The first-order chi connectivity index (χ1) is 10.7. The molecule has 0 fully saturated rings. The summed E-state index contributed by atoms with van der Waals surface area (Å²) in [5.41, 5.74) is 7.12. The van der Waals surface area contributed by atoms with E-state index in [2.05, 4.69) is 37.4 Å². The molecule has 0 atom stereocenters. The maximum absolute atomic E-state index is 11.9. The van der Waals surface area contributed by atoms with E-state index in [0.717, 1.165) is 35.4 Å². The highest BCUT2D eigenvalue weighted by atomic mass is 16.5. The van der Waals surface area contributed by atoms with Gasteiger partial charge >= 0.3 is 0 Å². The van der Waals surface area contributed by atoms with Gasteiger partial charge in [0, 0.05) is 0 Å². The average molecular weight is 314 g/mol. The minimum Gasteiger partial charge on any atom is -0.483 e. The van der Waals surface area contributed by atoms with Crippen molar-refractivity contribution in [2.45, 2.75) is 47.5 Å². The summed E-state index contributed by atoms with van der Waals surface area (Å²) in [5.74, 6) is 0.496. The summed E-state index contributed by atoms with van der Waals surface area (Å²) in [4.78, 5) is 11.9. The Labute approximate surface area is 138 Å². The van der Waals surface area contributed by atoms with Gasteiger partial charge in [-0.25, -0.2) is 5.43 Å². The summed E-state index contributed by atoms with van der Waals surface area (Å²) < 4.78 is 5.58. The molecule has 1 aromatic rings. The van der Waals surface area contributed by atoms with E-state index in [1.807, 2.05) is 32.0 Å². The molecule has 0 unspecified atom stereocenters. The number of hydrogen-bond acceptors (Lipinski definition) is 3. The second-order valence-electron chi connectivity index (χ2n) is 7.20. The van der Waals surface area contributed by atoms with Gasteiger partial charge in [-0.3, -0.25) is 4.79 Å². The number of carbonyl (C=O) groups excluding carboxylic acids is 1. The van der Waals surface area contributed by atoms with Gasteiger partial charge in [-0.15, -0.1) is 0 Å². The van der Waals surface area contributed by atoms with Gasteiger partial charge in [-0.2, -0.15) is 5.10 Å². The fourth-order valence-electron chi connectivity index (χ4n) is 2.94. The molecule has 124 valence electrons. The molecule has 1 amide bonds. The molecule has 4 nitrogen and oxygen atoms in total. The lowest BCUT2D eigenvalue weighted by molar-refractivity contribution is -0.123. The van der Waals surface area contributed by atoms with Crippen LogP contribution in [0, 0.1) is 19.3 Å². The molecule has 0 radical (unpaired) electrons. The zero-order valence-corrected chi connectivity index (χ0v) is 14.7. The predicted octanol–water partition coefficient (Wildman–Crippen LogP) is 3.92. The van der Waals surface area contributed by atoms with Crippen LogP contribution in [0.25, 0.3) is 0 Å². The standard InChI is InChI=1S/C19H26N2O2/c1-13-6-7-15(3)17(9-13)23-12-18(22)21-20-16-8-14(2)10-19(4,5)11-16/h6-9H,10-12H2,1-5H3,(H,21,22)/b20-16-. The zero-order chi connectivity index (χ0) is 17.0. The lowest BCUT2D eigenvalue weighted by atomic mass is 9.77. The van der Waals surface area contributed by atoms with E-state index in [1.54, 1.807) is 0 Å². The fourth-order valence-corrected chi connectivity index (χ4v) is 2.94. The Morgan fingerprint density at radius 2 is 2.00 bits per heavy atom. The van der Waals surface area contributed by atoms with Crippen LogP contribution in [0.4, 0.5) is 0 Å². The first-order valence-corrected chi connectivity index (χ1v) is 7.98. The zero-order valence-electron chi connectivity index (χ0n) is 14.7. The number of nitrogens with zero attached hydrogens (tertiary/aromatic N) is 1. The van der Waals surface area contributed by atoms with Crippen LogP contribution in [0.2, 0.25) is 0 Å². The van der Waals surface area contributed by atoms with E-state index >= 15 is 0 Å². The molecule has 1 aromatic carbocycles. The van der Waals surface area contributed by atoms with Gasteiger partial charge < -0.3 is 4.74 Å². The topological polar surface area (TPSA) is 50.7 Å². The summed E-state index contributed by atoms with van der Waals surface area (Å²) in [6.45, 7) is 10.5. The molecule has 2 rings (SSSR count). The van der Waals surface area contributed by atoms with Crippen LogP contribution >= 0.6 is 0 Å². The highest BCUT2D eigenvalue weighted by molar-refractivity contribution is 5.97. The van der Waals surface area contributed by atoms with Crippen LogP contribution in [-0.2, 0) is 4.79 Å². The first-order valence-electron chi connectivity index (χ1n) is 7.98. The molecular weight excluding hydrogens is 288 g/mol. The van der Waals surface area contributed by atoms with Gasteiger partial charge in [-0.05, 0) is 62.3 Å². The van der Waals surface area contributed by atoms with Crippen LogP contribution in [-0.4, -0.2) is 18.2 Å². The van der Waals surface area contributed by atoms with Gasteiger partial charge in [0.15, 0.2) is 6.61 Å². The highest BCUT2D eigenvalue weighted by Crippen LogP contribution is 2.33. The second kappa shape index (κ2) is 6.99.